The zero-order valence-electron chi connectivity index (χ0n) is 14.4. The molecule has 1 aliphatic heterocycles. The Balaban J connectivity index is 1.52. The van der Waals surface area contributed by atoms with E-state index in [0.717, 1.165) is 32.5 Å². The average Bonchev–Trinajstić information content (AvgIpc) is 2.55. The smallest absolute Gasteiger partial charge is 0.335 e. The Morgan fingerprint density at radius 1 is 1.38 bits per heavy atom. The van der Waals surface area contributed by atoms with Crippen LogP contribution in [0.2, 0.25) is 0 Å². The van der Waals surface area contributed by atoms with Gasteiger partial charge >= 0.3 is 5.97 Å². The molecule has 24 heavy (non-hydrogen) atoms. The highest BCUT2D eigenvalue weighted by molar-refractivity contribution is 5.87. The van der Waals surface area contributed by atoms with Gasteiger partial charge in [-0.3, -0.25) is 4.90 Å². The molecule has 5 nitrogen and oxygen atoms in total. The van der Waals surface area contributed by atoms with Gasteiger partial charge < -0.3 is 14.6 Å². The number of carboxylic acids is 1. The van der Waals surface area contributed by atoms with Crippen LogP contribution in [-0.4, -0.2) is 53.9 Å². The third-order valence-electron chi connectivity index (χ3n) is 5.00. The van der Waals surface area contributed by atoms with E-state index in [-0.39, 0.29) is 17.3 Å². The SMILES string of the molecule is CC1CN(CCOc2cccc(C(=O)O)c2)CC2(CCCCC2)O1. The van der Waals surface area contributed by atoms with E-state index in [0.29, 0.717) is 12.4 Å². The molecular formula is C19H27NO4. The highest BCUT2D eigenvalue weighted by atomic mass is 16.5. The Hall–Kier alpha value is -1.59. The highest BCUT2D eigenvalue weighted by Crippen LogP contribution is 2.36. The summed E-state index contributed by atoms with van der Waals surface area (Å²) in [5, 5.41) is 9.03. The van der Waals surface area contributed by atoms with Crippen LogP contribution in [0.25, 0.3) is 0 Å². The fraction of sp³-hybridized carbons (Fsp3) is 0.632. The first-order valence-electron chi connectivity index (χ1n) is 8.93. The van der Waals surface area contributed by atoms with Gasteiger partial charge in [0.2, 0.25) is 0 Å². The van der Waals surface area contributed by atoms with Crippen molar-refractivity contribution < 1.29 is 19.4 Å². The number of morpholine rings is 1. The predicted molar refractivity (Wildman–Crippen MR) is 91.7 cm³/mol. The van der Waals surface area contributed by atoms with Crippen molar-refractivity contribution in [3.63, 3.8) is 0 Å². The van der Waals surface area contributed by atoms with E-state index in [1.807, 2.05) is 0 Å². The fourth-order valence-electron chi connectivity index (χ4n) is 3.99. The van der Waals surface area contributed by atoms with Crippen molar-refractivity contribution in [3.8, 4) is 5.75 Å². The first kappa shape index (κ1) is 17.2. The van der Waals surface area contributed by atoms with E-state index in [1.165, 1.54) is 19.3 Å². The number of carbonyl (C=O) groups is 1. The second-order valence-electron chi connectivity index (χ2n) is 7.09. The van der Waals surface area contributed by atoms with E-state index in [4.69, 9.17) is 14.6 Å². The van der Waals surface area contributed by atoms with Gasteiger partial charge in [-0.25, -0.2) is 4.79 Å². The van der Waals surface area contributed by atoms with Crippen molar-refractivity contribution in [2.24, 2.45) is 0 Å². The zero-order valence-corrected chi connectivity index (χ0v) is 14.4. The topological polar surface area (TPSA) is 59.0 Å². The number of nitrogens with zero attached hydrogens (tertiary/aromatic N) is 1. The van der Waals surface area contributed by atoms with Crippen LogP contribution in [0.5, 0.6) is 5.75 Å². The maximum Gasteiger partial charge on any atom is 0.335 e. The van der Waals surface area contributed by atoms with Gasteiger partial charge in [0.1, 0.15) is 12.4 Å². The second kappa shape index (κ2) is 7.53. The van der Waals surface area contributed by atoms with Crippen LogP contribution in [0.4, 0.5) is 0 Å². The maximum absolute atomic E-state index is 11.0. The van der Waals surface area contributed by atoms with Gasteiger partial charge in [-0.1, -0.05) is 25.3 Å². The molecule has 1 spiro atoms. The third kappa shape index (κ3) is 4.28. The summed E-state index contributed by atoms with van der Waals surface area (Å²) in [6.45, 7) is 5.47. The zero-order chi connectivity index (χ0) is 17.0. The van der Waals surface area contributed by atoms with E-state index in [9.17, 15) is 4.79 Å². The van der Waals surface area contributed by atoms with Crippen LogP contribution < -0.4 is 4.74 Å². The van der Waals surface area contributed by atoms with Gasteiger partial charge in [0.05, 0.1) is 17.3 Å². The van der Waals surface area contributed by atoms with Gasteiger partial charge in [0, 0.05) is 19.6 Å². The van der Waals surface area contributed by atoms with Crippen molar-refractivity contribution in [2.45, 2.75) is 50.7 Å². The van der Waals surface area contributed by atoms with Crippen LogP contribution in [0.1, 0.15) is 49.4 Å². The van der Waals surface area contributed by atoms with Gasteiger partial charge in [0.15, 0.2) is 0 Å². The monoisotopic (exact) mass is 333 g/mol. The number of ether oxygens (including phenoxy) is 2. The first-order chi connectivity index (χ1) is 11.6. The van der Waals surface area contributed by atoms with Crippen LogP contribution in [-0.2, 0) is 4.74 Å². The van der Waals surface area contributed by atoms with Gasteiger partial charge in [0.25, 0.3) is 0 Å². The van der Waals surface area contributed by atoms with E-state index in [2.05, 4.69) is 11.8 Å². The molecule has 0 aromatic heterocycles. The summed E-state index contributed by atoms with van der Waals surface area (Å²) >= 11 is 0. The molecule has 0 radical (unpaired) electrons. The third-order valence-corrected chi connectivity index (χ3v) is 5.00. The van der Waals surface area contributed by atoms with E-state index >= 15 is 0 Å². The molecule has 1 saturated heterocycles. The van der Waals surface area contributed by atoms with Crippen LogP contribution in [0, 0.1) is 0 Å². The normalized spacial score (nSPS) is 24.0. The molecule has 1 heterocycles. The summed E-state index contributed by atoms with van der Waals surface area (Å²) in [6, 6.07) is 6.67. The molecule has 132 valence electrons. The largest absolute Gasteiger partial charge is 0.492 e. The standard InChI is InChI=1S/C19H27NO4/c1-15-13-20(14-19(24-15)8-3-2-4-9-19)10-11-23-17-7-5-6-16(12-17)18(21)22/h5-7,12,15H,2-4,8-11,13-14H2,1H3,(H,21,22). The Labute approximate surface area is 143 Å². The Morgan fingerprint density at radius 2 is 2.17 bits per heavy atom. The minimum atomic E-state index is -0.929. The summed E-state index contributed by atoms with van der Waals surface area (Å²) in [5.74, 6) is -0.315. The molecule has 2 aliphatic rings. The minimum Gasteiger partial charge on any atom is -0.492 e. The lowest BCUT2D eigenvalue weighted by atomic mass is 9.83. The lowest BCUT2D eigenvalue weighted by molar-refractivity contribution is -0.164. The number of hydrogen-bond donors (Lipinski definition) is 1. The molecule has 5 heteroatoms. The van der Waals surface area contributed by atoms with Crippen molar-refractivity contribution in [3.05, 3.63) is 29.8 Å². The summed E-state index contributed by atoms with van der Waals surface area (Å²) in [7, 11) is 0. The first-order valence-corrected chi connectivity index (χ1v) is 8.93. The van der Waals surface area contributed by atoms with E-state index < -0.39 is 5.97 Å². The van der Waals surface area contributed by atoms with Crippen molar-refractivity contribution in [1.82, 2.24) is 4.90 Å². The molecule has 3 rings (SSSR count). The maximum atomic E-state index is 11.0. The van der Waals surface area contributed by atoms with Gasteiger partial charge in [-0.15, -0.1) is 0 Å². The minimum absolute atomic E-state index is 0.0408. The predicted octanol–water partition coefficient (Wildman–Crippen LogP) is 3.19. The summed E-state index contributed by atoms with van der Waals surface area (Å²) in [5.41, 5.74) is 0.299. The molecule has 1 aromatic rings. The Kier molecular flexibility index (Phi) is 5.41. The average molecular weight is 333 g/mol. The van der Waals surface area contributed by atoms with Crippen molar-refractivity contribution in [2.75, 3.05) is 26.2 Å². The second-order valence-corrected chi connectivity index (χ2v) is 7.09. The van der Waals surface area contributed by atoms with E-state index in [1.54, 1.807) is 24.3 Å². The van der Waals surface area contributed by atoms with Crippen LogP contribution in [0.3, 0.4) is 0 Å². The molecule has 1 atom stereocenters. The molecule has 1 N–H and O–H groups in total. The summed E-state index contributed by atoms with van der Waals surface area (Å²) < 4.78 is 12.1. The van der Waals surface area contributed by atoms with Crippen molar-refractivity contribution >= 4 is 5.97 Å². The number of benzene rings is 1. The fourth-order valence-corrected chi connectivity index (χ4v) is 3.99. The number of aromatic carboxylic acids is 1. The highest BCUT2D eigenvalue weighted by Gasteiger charge is 2.39. The molecule has 0 bridgehead atoms. The molecule has 0 amide bonds. The lowest BCUT2D eigenvalue weighted by Crippen LogP contribution is -2.56. The number of carboxylic acid groups (broad SMARTS) is 1. The van der Waals surface area contributed by atoms with Crippen LogP contribution >= 0.6 is 0 Å². The van der Waals surface area contributed by atoms with Crippen LogP contribution in [0.15, 0.2) is 24.3 Å². The number of hydrogen-bond acceptors (Lipinski definition) is 4. The molecule has 1 aliphatic carbocycles. The summed E-state index contributed by atoms with van der Waals surface area (Å²) in [6.07, 6.45) is 6.43. The molecule has 1 saturated carbocycles. The van der Waals surface area contributed by atoms with Gasteiger partial charge in [-0.05, 0) is 38.0 Å². The van der Waals surface area contributed by atoms with Crippen molar-refractivity contribution in [1.29, 1.82) is 0 Å². The van der Waals surface area contributed by atoms with Gasteiger partial charge in [-0.2, -0.15) is 0 Å². The molecule has 1 unspecified atom stereocenters. The summed E-state index contributed by atoms with van der Waals surface area (Å²) in [4.78, 5) is 13.4. The Morgan fingerprint density at radius 3 is 2.92 bits per heavy atom. The lowest BCUT2D eigenvalue weighted by Gasteiger charge is -2.47. The quantitative estimate of drug-likeness (QED) is 0.897. The molecule has 2 fully saturated rings. The molecular weight excluding hydrogens is 306 g/mol. The Bertz CT molecular complexity index is 568. The number of rotatable bonds is 5. The molecule has 1 aromatic carbocycles.